The molecule has 2 aliphatic rings. The quantitative estimate of drug-likeness (QED) is 0.426. The van der Waals surface area contributed by atoms with Crippen LogP contribution in [0.15, 0.2) is 18.7 Å². The van der Waals surface area contributed by atoms with Gasteiger partial charge in [-0.05, 0) is 37.5 Å². The van der Waals surface area contributed by atoms with Gasteiger partial charge in [-0.1, -0.05) is 13.5 Å². The van der Waals surface area contributed by atoms with Gasteiger partial charge in [0.25, 0.3) is 0 Å². The summed E-state index contributed by atoms with van der Waals surface area (Å²) in [5.41, 5.74) is 2.98. The number of hydrogen-bond acceptors (Lipinski definition) is 8. The number of nitriles is 1. The minimum absolute atomic E-state index is 0.122. The zero-order valence-electron chi connectivity index (χ0n) is 21.4. The first kappa shape index (κ1) is 27.8. The van der Waals surface area contributed by atoms with Crippen LogP contribution < -0.4 is 30.4 Å². The standard InChI is InChI=1S/C27H25F5N6OS/c1-3-7-39-26-36-22-17(25(37-26)38-11-13-5-6-14(12-38)35-13)9-19(27(30,31)32)16(21(22)29)8-15-18(10-33)24(34)40-23(15)20(28)4-2/h4,8-9,13-14,35H,2-3,5-7,11-12,34H2,1H3/b15-8+,23-20-. The van der Waals surface area contributed by atoms with Gasteiger partial charge < -0.3 is 20.7 Å². The Morgan fingerprint density at radius 3 is 2.62 bits per heavy atom. The van der Waals surface area contributed by atoms with E-state index < -0.39 is 28.9 Å². The lowest BCUT2D eigenvalue weighted by Gasteiger charge is -2.34. The molecule has 5 rings (SSSR count). The van der Waals surface area contributed by atoms with Crippen LogP contribution in [0.3, 0.4) is 0 Å². The van der Waals surface area contributed by atoms with Gasteiger partial charge in [-0.25, -0.2) is 8.78 Å². The third-order valence-corrected chi connectivity index (χ3v) is 8.00. The zero-order valence-corrected chi connectivity index (χ0v) is 22.2. The molecule has 7 nitrogen and oxygen atoms in total. The lowest BCUT2D eigenvalue weighted by Crippen LogP contribution is -2.51. The van der Waals surface area contributed by atoms with E-state index in [-0.39, 0.29) is 61.7 Å². The van der Waals surface area contributed by atoms with Gasteiger partial charge in [-0.2, -0.15) is 28.4 Å². The molecule has 1 aromatic carbocycles. The number of halogens is 5. The summed E-state index contributed by atoms with van der Waals surface area (Å²) < 4.78 is 79.6. The topological polar surface area (TPSA) is 100 Å². The molecule has 0 saturated carbocycles. The van der Waals surface area contributed by atoms with Crippen molar-refractivity contribution in [1.82, 2.24) is 15.3 Å². The molecule has 2 saturated heterocycles. The molecule has 2 fully saturated rings. The summed E-state index contributed by atoms with van der Waals surface area (Å²) in [4.78, 5) is 10.4. The Hall–Kier alpha value is -3.76. The second-order valence-corrected chi connectivity index (χ2v) is 10.7. The first-order valence-electron chi connectivity index (χ1n) is 12.6. The van der Waals surface area contributed by atoms with Gasteiger partial charge in [0.15, 0.2) is 5.82 Å². The maximum absolute atomic E-state index is 16.3. The van der Waals surface area contributed by atoms with E-state index in [2.05, 4.69) is 21.9 Å². The molecule has 2 unspecified atom stereocenters. The molecule has 2 atom stereocenters. The third-order valence-electron chi connectivity index (χ3n) is 6.95. The minimum Gasteiger partial charge on any atom is -0.463 e. The number of nitrogens with zero attached hydrogens (tertiary/aromatic N) is 4. The minimum atomic E-state index is -5.01. The second kappa shape index (κ2) is 10.7. The van der Waals surface area contributed by atoms with E-state index in [0.717, 1.165) is 31.1 Å². The molecule has 13 heteroatoms. The van der Waals surface area contributed by atoms with Crippen molar-refractivity contribution >= 4 is 45.0 Å². The number of aromatic nitrogens is 2. The molecule has 3 aromatic rings. The van der Waals surface area contributed by atoms with Gasteiger partial charge in [0, 0.05) is 41.3 Å². The van der Waals surface area contributed by atoms with Crippen molar-refractivity contribution in [3.05, 3.63) is 51.0 Å². The second-order valence-electron chi connectivity index (χ2n) is 9.66. The number of nitrogen functional groups attached to an aromatic ring is 1. The number of piperazine rings is 1. The van der Waals surface area contributed by atoms with Gasteiger partial charge in [0.2, 0.25) is 0 Å². The smallest absolute Gasteiger partial charge is 0.417 e. The van der Waals surface area contributed by atoms with Crippen molar-refractivity contribution in [3.8, 4) is 12.1 Å². The molecule has 210 valence electrons. The summed E-state index contributed by atoms with van der Waals surface area (Å²) in [6.45, 7) is 6.37. The maximum Gasteiger partial charge on any atom is 0.417 e. The van der Waals surface area contributed by atoms with Gasteiger partial charge >= 0.3 is 12.2 Å². The van der Waals surface area contributed by atoms with Crippen LogP contribution in [-0.4, -0.2) is 41.7 Å². The number of fused-ring (bicyclic) bond motifs is 3. The molecule has 4 heterocycles. The predicted molar refractivity (Wildman–Crippen MR) is 143 cm³/mol. The molecule has 40 heavy (non-hydrogen) atoms. The normalized spacial score (nSPS) is 20.1. The van der Waals surface area contributed by atoms with Crippen molar-refractivity contribution in [2.24, 2.45) is 0 Å². The molecule has 0 amide bonds. The average molecular weight is 577 g/mol. The molecular weight excluding hydrogens is 551 g/mol. The van der Waals surface area contributed by atoms with Crippen LogP contribution in [0.25, 0.3) is 22.8 Å². The molecule has 0 spiro atoms. The summed E-state index contributed by atoms with van der Waals surface area (Å²) in [5.74, 6) is -2.06. The van der Waals surface area contributed by atoms with Crippen molar-refractivity contribution in [2.75, 3.05) is 30.3 Å². The van der Waals surface area contributed by atoms with Crippen LogP contribution in [0.2, 0.25) is 0 Å². The summed E-state index contributed by atoms with van der Waals surface area (Å²) in [6.07, 6.45) is -0.948. The van der Waals surface area contributed by atoms with E-state index in [1.54, 1.807) is 6.07 Å². The van der Waals surface area contributed by atoms with Gasteiger partial charge in [-0.3, -0.25) is 0 Å². The molecule has 2 aromatic heterocycles. The predicted octanol–water partition coefficient (Wildman–Crippen LogP) is 4.12. The largest absolute Gasteiger partial charge is 0.463 e. The number of rotatable bonds is 6. The van der Waals surface area contributed by atoms with Crippen LogP contribution in [0.5, 0.6) is 6.01 Å². The highest BCUT2D eigenvalue weighted by molar-refractivity contribution is 7.14. The number of anilines is 2. The fourth-order valence-corrected chi connectivity index (χ4v) is 6.11. The van der Waals surface area contributed by atoms with Gasteiger partial charge in [0.05, 0.1) is 22.3 Å². The maximum atomic E-state index is 16.3. The first-order valence-corrected chi connectivity index (χ1v) is 13.4. The molecule has 0 radical (unpaired) electrons. The Morgan fingerprint density at radius 2 is 2.02 bits per heavy atom. The Bertz CT molecular complexity index is 1650. The first-order chi connectivity index (χ1) is 19.0. The highest BCUT2D eigenvalue weighted by Crippen LogP contribution is 2.40. The molecule has 2 aliphatic heterocycles. The van der Waals surface area contributed by atoms with Crippen LogP contribution in [0, 0.1) is 17.1 Å². The number of alkyl halides is 3. The Kier molecular flexibility index (Phi) is 7.41. The summed E-state index contributed by atoms with van der Waals surface area (Å²) in [7, 11) is 0. The monoisotopic (exact) mass is 576 g/mol. The number of allylic oxidation sites excluding steroid dienone is 1. The van der Waals surface area contributed by atoms with Crippen molar-refractivity contribution in [1.29, 1.82) is 5.26 Å². The highest BCUT2D eigenvalue weighted by atomic mass is 32.1. The van der Waals surface area contributed by atoms with Gasteiger partial charge in [0.1, 0.15) is 28.2 Å². The Labute approximate surface area is 230 Å². The molecular formula is C27H25F5N6OS. The van der Waals surface area contributed by atoms with Crippen LogP contribution in [-0.2, 0) is 6.18 Å². The SMILES string of the molecule is C=C/C(F)=c1/sc(N)c(C#N)/c1=C\c1c(C(F)(F)F)cc2c(N3CC4CCC(C3)N4)nc(OCCC)nc2c1F. The summed E-state index contributed by atoms with van der Waals surface area (Å²) in [6, 6.07) is 2.68. The van der Waals surface area contributed by atoms with Crippen LogP contribution in [0.4, 0.5) is 32.8 Å². The number of ether oxygens (including phenoxy) is 1. The van der Waals surface area contributed by atoms with E-state index in [1.165, 1.54) is 0 Å². The lowest BCUT2D eigenvalue weighted by molar-refractivity contribution is -0.137. The number of benzene rings is 1. The molecule has 2 bridgehead atoms. The number of hydrogen-bond donors (Lipinski definition) is 2. The fraction of sp³-hybridized carbons (Fsp3) is 0.370. The Balaban J connectivity index is 1.85. The zero-order chi connectivity index (χ0) is 28.8. The van der Waals surface area contributed by atoms with E-state index in [9.17, 15) is 22.8 Å². The van der Waals surface area contributed by atoms with E-state index in [0.29, 0.717) is 30.8 Å². The van der Waals surface area contributed by atoms with E-state index >= 15 is 4.39 Å². The fourth-order valence-electron chi connectivity index (χ4n) is 5.18. The van der Waals surface area contributed by atoms with Crippen LogP contribution in [0.1, 0.15) is 42.9 Å². The lowest BCUT2D eigenvalue weighted by atomic mass is 10.00. The average Bonchev–Trinajstić information content (AvgIpc) is 3.43. The molecule has 0 aliphatic carbocycles. The van der Waals surface area contributed by atoms with E-state index in [1.807, 2.05) is 11.8 Å². The van der Waals surface area contributed by atoms with E-state index in [4.69, 9.17) is 10.5 Å². The Morgan fingerprint density at radius 1 is 1.32 bits per heavy atom. The third kappa shape index (κ3) is 4.97. The van der Waals surface area contributed by atoms with Crippen molar-refractivity contribution in [2.45, 2.75) is 44.4 Å². The number of nitrogens with two attached hydrogens (primary N) is 1. The van der Waals surface area contributed by atoms with Crippen LogP contribution >= 0.6 is 11.3 Å². The summed E-state index contributed by atoms with van der Waals surface area (Å²) in [5, 5.41) is 12.5. The summed E-state index contributed by atoms with van der Waals surface area (Å²) >= 11 is 0.658. The van der Waals surface area contributed by atoms with Gasteiger partial charge in [-0.15, -0.1) is 11.3 Å². The number of thiophene rings is 1. The van der Waals surface area contributed by atoms with Crippen molar-refractivity contribution in [3.63, 3.8) is 0 Å². The number of nitrogens with one attached hydrogen (secondary N) is 1. The van der Waals surface area contributed by atoms with Crippen molar-refractivity contribution < 1.29 is 26.7 Å². The molecule has 3 N–H and O–H groups in total. The highest BCUT2D eigenvalue weighted by Gasteiger charge is 2.38.